The molecule has 2 rings (SSSR count). The van der Waals surface area contributed by atoms with Gasteiger partial charge in [-0.05, 0) is 52.2 Å². The van der Waals surface area contributed by atoms with Crippen molar-refractivity contribution in [1.82, 2.24) is 14.5 Å². The third-order valence-corrected chi connectivity index (χ3v) is 3.61. The second-order valence-electron chi connectivity index (χ2n) is 4.91. The molecule has 0 fully saturated rings. The van der Waals surface area contributed by atoms with E-state index in [0.717, 1.165) is 28.5 Å². The number of hydrogen-bond acceptors (Lipinski definition) is 3. The Morgan fingerprint density at radius 1 is 1.44 bits per heavy atom. The summed E-state index contributed by atoms with van der Waals surface area (Å²) in [6, 6.07) is 6.39. The summed E-state index contributed by atoms with van der Waals surface area (Å²) in [6.07, 6.45) is 1.05. The van der Waals surface area contributed by atoms with Crippen LogP contribution in [0.15, 0.2) is 22.7 Å². The van der Waals surface area contributed by atoms with Gasteiger partial charge in [0.15, 0.2) is 0 Å². The Kier molecular flexibility index (Phi) is 3.92. The van der Waals surface area contributed by atoms with E-state index in [2.05, 4.69) is 57.5 Å². The van der Waals surface area contributed by atoms with Crippen molar-refractivity contribution in [1.29, 1.82) is 0 Å². The fourth-order valence-corrected chi connectivity index (χ4v) is 2.47. The smallest absolute Gasteiger partial charge is 0.201 e. The molecular formula is C13H19BrN4. The first-order valence-electron chi connectivity index (χ1n) is 6.06. The van der Waals surface area contributed by atoms with E-state index in [-0.39, 0.29) is 0 Å². The molecular weight excluding hydrogens is 292 g/mol. The second kappa shape index (κ2) is 5.28. The SMILES string of the molecule is CC(CCN(C)C)n1c(N)nc2ccc(Br)cc21. The van der Waals surface area contributed by atoms with E-state index in [9.17, 15) is 0 Å². The van der Waals surface area contributed by atoms with Crippen molar-refractivity contribution in [2.45, 2.75) is 19.4 Å². The van der Waals surface area contributed by atoms with Crippen LogP contribution in [0.3, 0.4) is 0 Å². The van der Waals surface area contributed by atoms with E-state index in [1.807, 2.05) is 12.1 Å². The normalized spacial score (nSPS) is 13.4. The van der Waals surface area contributed by atoms with Gasteiger partial charge in [-0.15, -0.1) is 0 Å². The van der Waals surface area contributed by atoms with Gasteiger partial charge in [-0.1, -0.05) is 15.9 Å². The third-order valence-electron chi connectivity index (χ3n) is 3.11. The lowest BCUT2D eigenvalue weighted by atomic mass is 10.2. The summed E-state index contributed by atoms with van der Waals surface area (Å²) in [5.41, 5.74) is 8.08. The molecule has 0 bridgehead atoms. The molecule has 0 saturated carbocycles. The summed E-state index contributed by atoms with van der Waals surface area (Å²) in [6.45, 7) is 3.22. The molecule has 0 aliphatic rings. The van der Waals surface area contributed by atoms with Gasteiger partial charge in [0, 0.05) is 10.5 Å². The maximum absolute atomic E-state index is 6.03. The number of aromatic nitrogens is 2. The summed E-state index contributed by atoms with van der Waals surface area (Å²) >= 11 is 3.50. The molecule has 0 amide bonds. The standard InChI is InChI=1S/C13H19BrN4/c1-9(6-7-17(2)3)18-12-8-10(14)4-5-11(12)16-13(18)15/h4-5,8-9H,6-7H2,1-3H3,(H2,15,16). The molecule has 18 heavy (non-hydrogen) atoms. The Morgan fingerprint density at radius 2 is 2.17 bits per heavy atom. The number of fused-ring (bicyclic) bond motifs is 1. The molecule has 1 atom stereocenters. The molecule has 98 valence electrons. The monoisotopic (exact) mass is 310 g/mol. The minimum Gasteiger partial charge on any atom is -0.369 e. The van der Waals surface area contributed by atoms with E-state index in [1.54, 1.807) is 0 Å². The fourth-order valence-electron chi connectivity index (χ4n) is 2.12. The number of imidazole rings is 1. The molecule has 0 aliphatic carbocycles. The largest absolute Gasteiger partial charge is 0.369 e. The first-order chi connectivity index (χ1) is 8.49. The number of nitrogen functional groups attached to an aromatic ring is 1. The van der Waals surface area contributed by atoms with E-state index < -0.39 is 0 Å². The summed E-state index contributed by atoms with van der Waals surface area (Å²) in [4.78, 5) is 6.59. The molecule has 2 N–H and O–H groups in total. The van der Waals surface area contributed by atoms with Crippen molar-refractivity contribution >= 4 is 32.9 Å². The molecule has 0 saturated heterocycles. The first kappa shape index (κ1) is 13.4. The number of halogens is 1. The number of anilines is 1. The quantitative estimate of drug-likeness (QED) is 0.944. The van der Waals surface area contributed by atoms with Crippen LogP contribution in [-0.2, 0) is 0 Å². The minimum atomic E-state index is 0.340. The van der Waals surface area contributed by atoms with Crippen molar-refractivity contribution < 1.29 is 0 Å². The van der Waals surface area contributed by atoms with Crippen LogP contribution >= 0.6 is 15.9 Å². The van der Waals surface area contributed by atoms with Crippen LogP contribution in [-0.4, -0.2) is 35.1 Å². The number of benzene rings is 1. The maximum atomic E-state index is 6.03. The van der Waals surface area contributed by atoms with Crippen molar-refractivity contribution in [2.75, 3.05) is 26.4 Å². The Hall–Kier alpha value is -1.07. The molecule has 0 spiro atoms. The summed E-state index contributed by atoms with van der Waals surface area (Å²) < 4.78 is 3.17. The highest BCUT2D eigenvalue weighted by Crippen LogP contribution is 2.26. The van der Waals surface area contributed by atoms with Gasteiger partial charge < -0.3 is 15.2 Å². The van der Waals surface area contributed by atoms with Gasteiger partial charge in [-0.25, -0.2) is 4.98 Å². The van der Waals surface area contributed by atoms with Gasteiger partial charge >= 0.3 is 0 Å². The van der Waals surface area contributed by atoms with Crippen LogP contribution in [0.1, 0.15) is 19.4 Å². The Bertz CT molecular complexity index is 547. The van der Waals surface area contributed by atoms with Crippen LogP contribution in [0.5, 0.6) is 0 Å². The predicted molar refractivity (Wildman–Crippen MR) is 79.7 cm³/mol. The van der Waals surface area contributed by atoms with E-state index in [0.29, 0.717) is 12.0 Å². The average molecular weight is 311 g/mol. The van der Waals surface area contributed by atoms with Gasteiger partial charge in [-0.2, -0.15) is 0 Å². The zero-order chi connectivity index (χ0) is 13.3. The highest BCUT2D eigenvalue weighted by atomic mass is 79.9. The highest BCUT2D eigenvalue weighted by molar-refractivity contribution is 9.10. The van der Waals surface area contributed by atoms with E-state index >= 15 is 0 Å². The van der Waals surface area contributed by atoms with Gasteiger partial charge in [0.1, 0.15) is 0 Å². The molecule has 5 heteroatoms. The first-order valence-corrected chi connectivity index (χ1v) is 6.86. The zero-order valence-corrected chi connectivity index (χ0v) is 12.6. The van der Waals surface area contributed by atoms with Crippen LogP contribution in [0, 0.1) is 0 Å². The molecule has 2 aromatic rings. The second-order valence-corrected chi connectivity index (χ2v) is 5.83. The van der Waals surface area contributed by atoms with E-state index in [4.69, 9.17) is 5.73 Å². The molecule has 1 aromatic heterocycles. The molecule has 0 radical (unpaired) electrons. The lowest BCUT2D eigenvalue weighted by molar-refractivity contribution is 0.362. The molecule has 1 aromatic carbocycles. The molecule has 4 nitrogen and oxygen atoms in total. The van der Waals surface area contributed by atoms with Crippen LogP contribution < -0.4 is 5.73 Å². The van der Waals surface area contributed by atoms with Crippen LogP contribution in [0.2, 0.25) is 0 Å². The van der Waals surface area contributed by atoms with Crippen LogP contribution in [0.25, 0.3) is 11.0 Å². The third kappa shape index (κ3) is 2.67. The molecule has 1 heterocycles. The Balaban J connectivity index is 2.36. The fraction of sp³-hybridized carbons (Fsp3) is 0.462. The topological polar surface area (TPSA) is 47.1 Å². The van der Waals surface area contributed by atoms with Crippen LogP contribution in [0.4, 0.5) is 5.95 Å². The zero-order valence-electron chi connectivity index (χ0n) is 11.0. The maximum Gasteiger partial charge on any atom is 0.201 e. The predicted octanol–water partition coefficient (Wildman–Crippen LogP) is 2.89. The van der Waals surface area contributed by atoms with Gasteiger partial charge in [0.05, 0.1) is 11.0 Å². The van der Waals surface area contributed by atoms with Crippen molar-refractivity contribution in [3.8, 4) is 0 Å². The van der Waals surface area contributed by atoms with Crippen molar-refractivity contribution in [3.05, 3.63) is 22.7 Å². The van der Waals surface area contributed by atoms with Gasteiger partial charge in [-0.3, -0.25) is 0 Å². The Labute approximate surface area is 116 Å². The van der Waals surface area contributed by atoms with E-state index in [1.165, 1.54) is 0 Å². The molecule has 1 unspecified atom stereocenters. The lowest BCUT2D eigenvalue weighted by Gasteiger charge is -2.18. The molecule has 0 aliphatic heterocycles. The number of hydrogen-bond donors (Lipinski definition) is 1. The lowest BCUT2D eigenvalue weighted by Crippen LogP contribution is -2.18. The van der Waals surface area contributed by atoms with Crippen molar-refractivity contribution in [3.63, 3.8) is 0 Å². The number of rotatable bonds is 4. The number of nitrogens with two attached hydrogens (primary N) is 1. The van der Waals surface area contributed by atoms with Crippen molar-refractivity contribution in [2.24, 2.45) is 0 Å². The average Bonchev–Trinajstić information content (AvgIpc) is 2.61. The summed E-state index contributed by atoms with van der Waals surface area (Å²) in [5.74, 6) is 0.592. The van der Waals surface area contributed by atoms with Gasteiger partial charge in [0.25, 0.3) is 0 Å². The summed E-state index contributed by atoms with van der Waals surface area (Å²) in [5, 5.41) is 0. The minimum absolute atomic E-state index is 0.340. The number of nitrogens with zero attached hydrogens (tertiary/aromatic N) is 3. The Morgan fingerprint density at radius 3 is 2.83 bits per heavy atom. The summed E-state index contributed by atoms with van der Waals surface area (Å²) in [7, 11) is 4.16. The van der Waals surface area contributed by atoms with Gasteiger partial charge in [0.2, 0.25) is 5.95 Å². The highest BCUT2D eigenvalue weighted by Gasteiger charge is 2.14.